The van der Waals surface area contributed by atoms with Gasteiger partial charge in [0.05, 0.1) is 42.9 Å². The second kappa shape index (κ2) is 25.6. The Morgan fingerprint density at radius 2 is 1.26 bits per heavy atom. The van der Waals surface area contributed by atoms with Gasteiger partial charge in [0.1, 0.15) is 111 Å². The first-order chi connectivity index (χ1) is 41.2. The van der Waals surface area contributed by atoms with Gasteiger partial charge in [0.15, 0.2) is 31.3 Å². The van der Waals surface area contributed by atoms with Gasteiger partial charge in [-0.25, -0.2) is 9.59 Å². The molecule has 8 fully saturated rings. The van der Waals surface area contributed by atoms with Gasteiger partial charge in [0.25, 0.3) is 0 Å². The number of rotatable bonds is 16. The summed E-state index contributed by atoms with van der Waals surface area (Å²) in [6.45, 7) is 13.6. The van der Waals surface area contributed by atoms with Crippen molar-refractivity contribution in [2.75, 3.05) is 26.4 Å². The molecule has 0 radical (unpaired) electrons. The Morgan fingerprint density at radius 1 is 0.670 bits per heavy atom. The third-order valence-electron chi connectivity index (χ3n) is 22.6. The Balaban J connectivity index is 1.05. The fourth-order valence-electron chi connectivity index (χ4n) is 17.2. The number of carbonyl (C=O) groups is 4. The molecule has 0 aromatic rings. The summed E-state index contributed by atoms with van der Waals surface area (Å²) in [5.74, 6) is -4.25. The lowest BCUT2D eigenvalue weighted by Gasteiger charge is -2.72. The van der Waals surface area contributed by atoms with Crippen molar-refractivity contribution in [2.45, 2.75) is 248 Å². The number of aliphatic hydroxyl groups is 13. The zero-order chi connectivity index (χ0) is 64.9. The molecule has 0 spiro atoms. The monoisotopic (exact) mass is 1260 g/mol. The van der Waals surface area contributed by atoms with Crippen LogP contribution >= 0.6 is 0 Å². The molecule has 31 atom stereocenters. The summed E-state index contributed by atoms with van der Waals surface area (Å²) in [4.78, 5) is 53.4. The van der Waals surface area contributed by atoms with Crippen LogP contribution in [0.3, 0.4) is 0 Å². The molecule has 9 aliphatic rings. The largest absolute Gasteiger partial charge is 0.479 e. The number of esters is 2. The molecular weight excluding hydrogens is 1170 g/mol. The molecule has 0 bridgehead atoms. The van der Waals surface area contributed by atoms with Crippen LogP contribution in [-0.4, -0.2) is 263 Å². The summed E-state index contributed by atoms with van der Waals surface area (Å²) in [5.41, 5.74) is -4.52. The number of hydrogen-bond acceptors (Lipinski definition) is 27. The maximum Gasteiger partial charge on any atom is 0.335 e. The van der Waals surface area contributed by atoms with Gasteiger partial charge < -0.3 is 124 Å². The van der Waals surface area contributed by atoms with Gasteiger partial charge in [-0.1, -0.05) is 59.3 Å². The van der Waals surface area contributed by atoms with Gasteiger partial charge in [0.2, 0.25) is 0 Å². The Kier molecular flexibility index (Phi) is 20.1. The fourth-order valence-corrected chi connectivity index (χ4v) is 17.2. The standard InChI is InChI=1S/C60H92O28/c1-10-24(2)50(78)88-48-47(75)60(23-80-25(3)64)27(17-55(48,4)5)26-11-12-32-56(6)15-14-34(57(7,22-63)31(56)13-16-58(32,8)59(26,9)18-33(60)66)83-54-46(87-52-41(73)39(71)37(69)30(20-62)82-52)43(42(74)44(85-54)49(76)77)84-53-45(35(67)28(65)21-79-53)86-51-40(72)38(70)36(68)29(19-61)81-51/h10-11,22,27-48,51-54,61-62,65-75H,12-21,23H2,1-9H3,(H,76,77)/b24-10-. The lowest BCUT2D eigenvalue weighted by atomic mass is 9.33. The van der Waals surface area contributed by atoms with Crippen molar-refractivity contribution in [3.63, 3.8) is 0 Å². The molecule has 28 nitrogen and oxygen atoms in total. The van der Waals surface area contributed by atoms with Gasteiger partial charge in [-0.2, -0.15) is 0 Å². The number of allylic oxidation sites excluding steroid dienone is 3. The Hall–Kier alpha value is -3.28. The molecule has 5 aliphatic carbocycles. The molecular formula is C60H92O28. The molecule has 4 heterocycles. The lowest BCUT2D eigenvalue weighted by molar-refractivity contribution is -0.400. The third kappa shape index (κ3) is 11.3. The first kappa shape index (κ1) is 69.1. The molecule has 14 N–H and O–H groups in total. The van der Waals surface area contributed by atoms with Crippen LogP contribution in [0.4, 0.5) is 0 Å². The van der Waals surface area contributed by atoms with Crippen molar-refractivity contribution in [3.8, 4) is 0 Å². The Labute approximate surface area is 509 Å². The van der Waals surface area contributed by atoms with E-state index in [-0.39, 0.29) is 25.4 Å². The predicted octanol–water partition coefficient (Wildman–Crippen LogP) is -2.65. The van der Waals surface area contributed by atoms with Gasteiger partial charge in [-0.05, 0) is 92.8 Å². The quantitative estimate of drug-likeness (QED) is 0.0247. The molecule has 9 rings (SSSR count). The summed E-state index contributed by atoms with van der Waals surface area (Å²) < 4.78 is 60.1. The van der Waals surface area contributed by atoms with Gasteiger partial charge in [0, 0.05) is 17.9 Å². The summed E-state index contributed by atoms with van der Waals surface area (Å²) in [6, 6.07) is 0. The highest BCUT2D eigenvalue weighted by Gasteiger charge is 2.74. The average Bonchev–Trinajstić information content (AvgIpc) is 0.673. The van der Waals surface area contributed by atoms with Crippen LogP contribution in [-0.2, 0) is 66.5 Å². The molecule has 4 saturated carbocycles. The van der Waals surface area contributed by atoms with E-state index in [9.17, 15) is 90.7 Å². The van der Waals surface area contributed by atoms with Crippen LogP contribution < -0.4 is 0 Å². The zero-order valence-corrected chi connectivity index (χ0v) is 51.0. The maximum absolute atomic E-state index is 14.2. The van der Waals surface area contributed by atoms with Crippen LogP contribution in [0.1, 0.15) is 107 Å². The smallest absolute Gasteiger partial charge is 0.335 e. The van der Waals surface area contributed by atoms with E-state index in [4.69, 9.17) is 47.4 Å². The van der Waals surface area contributed by atoms with E-state index in [0.717, 1.165) is 11.9 Å². The minimum atomic E-state index is -2.32. The highest BCUT2D eigenvalue weighted by Crippen LogP contribution is 2.76. The molecule has 4 saturated heterocycles. The number of ether oxygens (including phenoxy) is 10. The van der Waals surface area contributed by atoms with E-state index in [2.05, 4.69) is 26.8 Å². The number of carboxylic acids is 1. The second-order valence-electron chi connectivity index (χ2n) is 27.8. The van der Waals surface area contributed by atoms with Crippen molar-refractivity contribution >= 4 is 24.2 Å². The predicted molar refractivity (Wildman–Crippen MR) is 295 cm³/mol. The minimum Gasteiger partial charge on any atom is -0.479 e. The summed E-state index contributed by atoms with van der Waals surface area (Å²) in [7, 11) is 0. The minimum absolute atomic E-state index is 0.0926. The summed E-state index contributed by atoms with van der Waals surface area (Å²) in [6.07, 6.45) is -35.7. The van der Waals surface area contributed by atoms with Crippen molar-refractivity contribution in [2.24, 2.45) is 50.2 Å². The number of aliphatic hydroxyl groups excluding tert-OH is 13. The van der Waals surface area contributed by atoms with E-state index in [0.29, 0.717) is 37.7 Å². The van der Waals surface area contributed by atoms with Crippen LogP contribution in [0, 0.1) is 50.2 Å². The van der Waals surface area contributed by atoms with E-state index < -0.39 is 223 Å². The van der Waals surface area contributed by atoms with Crippen molar-refractivity contribution in [3.05, 3.63) is 23.3 Å². The van der Waals surface area contributed by atoms with Crippen molar-refractivity contribution in [1.29, 1.82) is 0 Å². The number of fused-ring (bicyclic) bond motifs is 7. The number of carbonyl (C=O) groups excluding carboxylic acids is 3. The molecule has 28 heteroatoms. The van der Waals surface area contributed by atoms with Crippen LogP contribution in [0.2, 0.25) is 0 Å². The SMILES string of the molecule is C/C=C(/C)C(=O)OC1C(O)C2(COC(C)=O)C(O)CC3(C)C(=CCC4C5(C)CCC(OC6OC(C(=O)O)C(O)C(OC7OCC(O)C(O)C7OC7OC(CO)C(O)C(O)C7O)C6OC6OC(CO)C(O)C(O)C6O)C(C)(C=O)C5CCC43C)C2CC1(C)C. The molecule has 4 aliphatic heterocycles. The third-order valence-corrected chi connectivity index (χ3v) is 22.6. The van der Waals surface area contributed by atoms with Crippen molar-refractivity contribution < 1.29 is 138 Å². The van der Waals surface area contributed by atoms with E-state index >= 15 is 0 Å². The fraction of sp³-hybridized carbons (Fsp3) is 0.867. The Morgan fingerprint density at radius 3 is 1.82 bits per heavy atom. The molecule has 0 aromatic carbocycles. The molecule has 500 valence electrons. The molecule has 0 amide bonds. The highest BCUT2D eigenvalue weighted by molar-refractivity contribution is 5.87. The molecule has 31 unspecified atom stereocenters. The second-order valence-corrected chi connectivity index (χ2v) is 27.8. The first-order valence-electron chi connectivity index (χ1n) is 30.4. The maximum atomic E-state index is 14.2. The topological polar surface area (TPSA) is 444 Å². The Bertz CT molecular complexity index is 2600. The van der Waals surface area contributed by atoms with Crippen LogP contribution in [0.25, 0.3) is 0 Å². The van der Waals surface area contributed by atoms with Gasteiger partial charge in [-0.3, -0.25) is 4.79 Å². The van der Waals surface area contributed by atoms with Crippen LogP contribution in [0.5, 0.6) is 0 Å². The number of aliphatic carboxylic acids is 1. The molecule has 0 aromatic heterocycles. The van der Waals surface area contributed by atoms with E-state index in [1.54, 1.807) is 26.8 Å². The molecule has 88 heavy (non-hydrogen) atoms. The number of hydrogen-bond donors (Lipinski definition) is 14. The highest BCUT2D eigenvalue weighted by atomic mass is 16.8. The average molecular weight is 1260 g/mol. The van der Waals surface area contributed by atoms with E-state index in [1.807, 2.05) is 13.8 Å². The first-order valence-corrected chi connectivity index (χ1v) is 30.4. The summed E-state index contributed by atoms with van der Waals surface area (Å²) in [5, 5.41) is 155. The number of aldehydes is 1. The van der Waals surface area contributed by atoms with Crippen molar-refractivity contribution in [1.82, 2.24) is 0 Å². The van der Waals surface area contributed by atoms with Gasteiger partial charge >= 0.3 is 17.9 Å². The normalized spacial score (nSPS) is 51.1. The lowest BCUT2D eigenvalue weighted by Crippen LogP contribution is -2.72. The number of carboxylic acid groups (broad SMARTS) is 1. The summed E-state index contributed by atoms with van der Waals surface area (Å²) >= 11 is 0. The van der Waals surface area contributed by atoms with Crippen LogP contribution in [0.15, 0.2) is 23.3 Å². The zero-order valence-electron chi connectivity index (χ0n) is 51.0. The van der Waals surface area contributed by atoms with E-state index in [1.165, 1.54) is 6.92 Å². The van der Waals surface area contributed by atoms with Gasteiger partial charge in [-0.15, -0.1) is 0 Å².